The van der Waals surface area contributed by atoms with Crippen molar-refractivity contribution in [3.63, 3.8) is 0 Å². The number of pyridine rings is 1. The van der Waals surface area contributed by atoms with E-state index in [1.807, 2.05) is 29.6 Å². The summed E-state index contributed by atoms with van der Waals surface area (Å²) in [6.07, 6.45) is -2.63. The Labute approximate surface area is 185 Å². The van der Waals surface area contributed by atoms with Crippen LogP contribution in [-0.2, 0) is 9.59 Å². The Morgan fingerprint density at radius 3 is 2.72 bits per heavy atom. The summed E-state index contributed by atoms with van der Waals surface area (Å²) in [6, 6.07) is 8.38. The van der Waals surface area contributed by atoms with Gasteiger partial charge in [-0.05, 0) is 37.1 Å². The maximum Gasteiger partial charge on any atom is 0.414 e. The highest BCUT2D eigenvalue weighted by atomic mass is 32.2. The van der Waals surface area contributed by atoms with Gasteiger partial charge in [-0.3, -0.25) is 14.6 Å². The third-order valence-electron chi connectivity index (χ3n) is 5.17. The zero-order valence-electron chi connectivity index (χ0n) is 16.8. The van der Waals surface area contributed by atoms with Gasteiger partial charge in [0.25, 0.3) is 0 Å². The number of amides is 2. The molecule has 0 aliphatic carbocycles. The van der Waals surface area contributed by atoms with Crippen LogP contribution < -0.4 is 5.32 Å². The number of nitrogens with one attached hydrogen (secondary N) is 2. The number of likely N-dealkylation sites (tertiary alicyclic amines) is 1. The number of H-pyrrole nitrogens is 1. The van der Waals surface area contributed by atoms with Crippen molar-refractivity contribution in [3.05, 3.63) is 54.4 Å². The SMILES string of the molecule is O=C(NC(c1ccccn1)C(F)(F)F)[C@@H]1CCCN1C(=O)CSc1nc2ccccc2[nH]1. The van der Waals surface area contributed by atoms with Gasteiger partial charge in [0, 0.05) is 12.7 Å². The molecule has 1 fully saturated rings. The Hall–Kier alpha value is -3.08. The van der Waals surface area contributed by atoms with E-state index in [0.29, 0.717) is 24.5 Å². The molecule has 0 radical (unpaired) electrons. The van der Waals surface area contributed by atoms with E-state index in [1.54, 1.807) is 0 Å². The second-order valence-electron chi connectivity index (χ2n) is 7.33. The van der Waals surface area contributed by atoms with Crippen molar-refractivity contribution in [1.29, 1.82) is 0 Å². The molecule has 4 rings (SSSR count). The number of carbonyl (C=O) groups is 2. The van der Waals surface area contributed by atoms with Gasteiger partial charge >= 0.3 is 6.18 Å². The lowest BCUT2D eigenvalue weighted by Crippen LogP contribution is -2.49. The second kappa shape index (κ2) is 9.19. The first kappa shape index (κ1) is 22.1. The molecule has 32 heavy (non-hydrogen) atoms. The number of benzene rings is 1. The number of halogens is 3. The van der Waals surface area contributed by atoms with Crippen LogP contribution >= 0.6 is 11.8 Å². The van der Waals surface area contributed by atoms with Crippen LogP contribution in [0.15, 0.2) is 53.8 Å². The van der Waals surface area contributed by atoms with Crippen molar-refractivity contribution in [1.82, 2.24) is 25.2 Å². The van der Waals surface area contributed by atoms with Crippen molar-refractivity contribution >= 4 is 34.6 Å². The molecule has 0 saturated carbocycles. The molecule has 1 unspecified atom stereocenters. The monoisotopic (exact) mass is 463 g/mol. The van der Waals surface area contributed by atoms with Gasteiger partial charge in [-0.25, -0.2) is 4.98 Å². The molecule has 11 heteroatoms. The van der Waals surface area contributed by atoms with Crippen LogP contribution in [0.3, 0.4) is 0 Å². The highest BCUT2D eigenvalue weighted by molar-refractivity contribution is 7.99. The smallest absolute Gasteiger partial charge is 0.338 e. The zero-order valence-corrected chi connectivity index (χ0v) is 17.6. The average Bonchev–Trinajstić information content (AvgIpc) is 3.42. The Bertz CT molecular complexity index is 1070. The summed E-state index contributed by atoms with van der Waals surface area (Å²) in [5.41, 5.74) is 1.31. The number of fused-ring (bicyclic) bond motifs is 1. The number of carbonyl (C=O) groups excluding carboxylic acids is 2. The van der Waals surface area contributed by atoms with Gasteiger partial charge < -0.3 is 15.2 Å². The first-order valence-electron chi connectivity index (χ1n) is 9.98. The largest absolute Gasteiger partial charge is 0.414 e. The summed E-state index contributed by atoms with van der Waals surface area (Å²) in [4.78, 5) is 38.0. The lowest BCUT2D eigenvalue weighted by atomic mass is 10.1. The molecule has 168 valence electrons. The maximum absolute atomic E-state index is 13.6. The standard InChI is InChI=1S/C21H20F3N5O2S/c22-21(23,24)18(15-8-3-4-10-25-15)28-19(31)16-9-5-11-29(16)17(30)12-32-20-26-13-6-1-2-7-14(13)27-20/h1-4,6-8,10,16,18H,5,9,11-12H2,(H,26,27)(H,28,31)/t16-,18?/m0/s1. The highest BCUT2D eigenvalue weighted by Crippen LogP contribution is 2.32. The number of alkyl halides is 3. The Morgan fingerprint density at radius 1 is 1.22 bits per heavy atom. The summed E-state index contributed by atoms with van der Waals surface area (Å²) >= 11 is 1.19. The van der Waals surface area contributed by atoms with Crippen LogP contribution in [0.25, 0.3) is 11.0 Å². The average molecular weight is 463 g/mol. The van der Waals surface area contributed by atoms with Crippen molar-refractivity contribution in [2.45, 2.75) is 36.3 Å². The van der Waals surface area contributed by atoms with E-state index in [0.717, 1.165) is 11.0 Å². The first-order valence-corrected chi connectivity index (χ1v) is 11.0. The summed E-state index contributed by atoms with van der Waals surface area (Å²) < 4.78 is 40.7. The molecule has 1 aliphatic rings. The van der Waals surface area contributed by atoms with Crippen LogP contribution in [0, 0.1) is 0 Å². The highest BCUT2D eigenvalue weighted by Gasteiger charge is 2.45. The lowest BCUT2D eigenvalue weighted by Gasteiger charge is -2.27. The first-order chi connectivity index (χ1) is 15.3. The minimum Gasteiger partial charge on any atom is -0.338 e. The summed E-state index contributed by atoms with van der Waals surface area (Å²) in [7, 11) is 0. The van der Waals surface area contributed by atoms with Gasteiger partial charge in [0.05, 0.1) is 22.5 Å². The molecule has 1 saturated heterocycles. The number of hydrogen-bond acceptors (Lipinski definition) is 5. The van der Waals surface area contributed by atoms with Gasteiger partial charge in [0.15, 0.2) is 11.2 Å². The molecular weight excluding hydrogens is 443 g/mol. The van der Waals surface area contributed by atoms with Crippen LogP contribution in [0.2, 0.25) is 0 Å². The van der Waals surface area contributed by atoms with Crippen LogP contribution in [-0.4, -0.2) is 56.2 Å². The van der Waals surface area contributed by atoms with E-state index in [1.165, 1.54) is 41.1 Å². The number of thioether (sulfide) groups is 1. The fraction of sp³-hybridized carbons (Fsp3) is 0.333. The van der Waals surface area contributed by atoms with Gasteiger partial charge in [-0.15, -0.1) is 0 Å². The van der Waals surface area contributed by atoms with E-state index in [2.05, 4.69) is 15.0 Å². The van der Waals surface area contributed by atoms with E-state index < -0.39 is 24.2 Å². The molecule has 2 aromatic heterocycles. The molecular formula is C21H20F3N5O2S. The van der Waals surface area contributed by atoms with Gasteiger partial charge in [0.1, 0.15) is 6.04 Å². The number of rotatable bonds is 6. The van der Waals surface area contributed by atoms with E-state index in [9.17, 15) is 22.8 Å². The fourth-order valence-electron chi connectivity index (χ4n) is 3.66. The van der Waals surface area contributed by atoms with Gasteiger partial charge in [-0.2, -0.15) is 13.2 Å². The number of aromatic nitrogens is 3. The minimum absolute atomic E-state index is 0.0204. The fourth-order valence-corrected chi connectivity index (χ4v) is 4.43. The third kappa shape index (κ3) is 4.87. The van der Waals surface area contributed by atoms with Crippen LogP contribution in [0.5, 0.6) is 0 Å². The minimum atomic E-state index is -4.71. The molecule has 0 spiro atoms. The maximum atomic E-state index is 13.6. The van der Waals surface area contributed by atoms with E-state index in [-0.39, 0.29) is 17.4 Å². The Morgan fingerprint density at radius 2 is 2.00 bits per heavy atom. The molecule has 3 aromatic rings. The molecule has 2 atom stereocenters. The van der Waals surface area contributed by atoms with E-state index >= 15 is 0 Å². The molecule has 7 nitrogen and oxygen atoms in total. The molecule has 2 amide bonds. The molecule has 1 aliphatic heterocycles. The Balaban J connectivity index is 1.41. The topological polar surface area (TPSA) is 91.0 Å². The van der Waals surface area contributed by atoms with Crippen molar-refractivity contribution < 1.29 is 22.8 Å². The number of para-hydroxylation sites is 2. The number of nitrogens with zero attached hydrogens (tertiary/aromatic N) is 3. The molecule has 0 bridgehead atoms. The predicted octanol–water partition coefficient (Wildman–Crippen LogP) is 3.46. The second-order valence-corrected chi connectivity index (χ2v) is 8.29. The van der Waals surface area contributed by atoms with Crippen LogP contribution in [0.1, 0.15) is 24.6 Å². The number of hydrogen-bond donors (Lipinski definition) is 2. The third-order valence-corrected chi connectivity index (χ3v) is 6.03. The van der Waals surface area contributed by atoms with Gasteiger partial charge in [-0.1, -0.05) is 30.0 Å². The molecule has 2 N–H and O–H groups in total. The summed E-state index contributed by atoms with van der Waals surface area (Å²) in [5, 5.41) is 2.61. The molecule has 1 aromatic carbocycles. The zero-order chi connectivity index (χ0) is 22.7. The van der Waals surface area contributed by atoms with Crippen molar-refractivity contribution in [2.24, 2.45) is 0 Å². The predicted molar refractivity (Wildman–Crippen MR) is 113 cm³/mol. The number of imidazole rings is 1. The van der Waals surface area contributed by atoms with Crippen molar-refractivity contribution in [3.8, 4) is 0 Å². The summed E-state index contributed by atoms with van der Waals surface area (Å²) in [6.45, 7) is 0.317. The Kier molecular flexibility index (Phi) is 6.35. The quantitative estimate of drug-likeness (QED) is 0.547. The van der Waals surface area contributed by atoms with Crippen LogP contribution in [0.4, 0.5) is 13.2 Å². The summed E-state index contributed by atoms with van der Waals surface area (Å²) in [5.74, 6) is -1.14. The van der Waals surface area contributed by atoms with Gasteiger partial charge in [0.2, 0.25) is 11.8 Å². The van der Waals surface area contributed by atoms with Crippen molar-refractivity contribution in [2.75, 3.05) is 12.3 Å². The normalized spacial score (nSPS) is 17.5. The van der Waals surface area contributed by atoms with E-state index in [4.69, 9.17) is 0 Å². The molecule has 3 heterocycles. The lowest BCUT2D eigenvalue weighted by molar-refractivity contribution is -0.165. The number of aromatic amines is 1.